The number of carbonyl (C=O) groups excluding carboxylic acids is 1. The molecule has 0 atom stereocenters. The maximum Gasteiger partial charge on any atom is 0.410 e. The minimum absolute atomic E-state index is 0.00933. The predicted octanol–water partition coefficient (Wildman–Crippen LogP) is 0.841. The van der Waals surface area contributed by atoms with Crippen LogP contribution in [0.2, 0.25) is 0 Å². The zero-order valence-corrected chi connectivity index (χ0v) is 12.2. The van der Waals surface area contributed by atoms with E-state index in [9.17, 15) is 14.9 Å². The molecule has 120 valence electrons. The molecule has 0 unspecified atom stereocenters. The van der Waals surface area contributed by atoms with Crippen molar-refractivity contribution in [1.29, 1.82) is 0 Å². The van der Waals surface area contributed by atoms with Crippen molar-refractivity contribution >= 4 is 11.8 Å². The van der Waals surface area contributed by atoms with E-state index in [1.807, 2.05) is 0 Å². The fraction of sp³-hybridized carbons (Fsp3) is 0.500. The van der Waals surface area contributed by atoms with Crippen LogP contribution in [0, 0.1) is 10.1 Å². The van der Waals surface area contributed by atoms with Gasteiger partial charge in [0.05, 0.1) is 11.5 Å². The minimum Gasteiger partial charge on any atom is -0.445 e. The smallest absolute Gasteiger partial charge is 0.410 e. The number of amides is 1. The van der Waals surface area contributed by atoms with Crippen molar-refractivity contribution in [3.63, 3.8) is 0 Å². The molecule has 1 aromatic carbocycles. The lowest BCUT2D eigenvalue weighted by molar-refractivity contribution is -0.384. The van der Waals surface area contributed by atoms with Gasteiger partial charge < -0.3 is 14.7 Å². The number of piperazine rings is 1. The Balaban J connectivity index is 1.77. The summed E-state index contributed by atoms with van der Waals surface area (Å²) in [5, 5.41) is 19.4. The number of rotatable bonds is 5. The fourth-order valence-electron chi connectivity index (χ4n) is 2.25. The summed E-state index contributed by atoms with van der Waals surface area (Å²) in [6, 6.07) is 5.92. The molecule has 0 spiro atoms. The molecule has 0 radical (unpaired) electrons. The second-order valence-electron chi connectivity index (χ2n) is 5.03. The zero-order chi connectivity index (χ0) is 15.9. The molecular formula is C14H19N3O5. The van der Waals surface area contributed by atoms with E-state index in [1.54, 1.807) is 17.0 Å². The summed E-state index contributed by atoms with van der Waals surface area (Å²) in [5.74, 6) is 0. The number of nitro groups is 1. The van der Waals surface area contributed by atoms with Crippen LogP contribution in [-0.4, -0.2) is 65.3 Å². The van der Waals surface area contributed by atoms with E-state index in [1.165, 1.54) is 12.1 Å². The molecule has 0 aliphatic carbocycles. The molecule has 1 saturated heterocycles. The van der Waals surface area contributed by atoms with Crippen LogP contribution in [0.5, 0.6) is 0 Å². The Hall–Kier alpha value is -2.19. The van der Waals surface area contributed by atoms with Gasteiger partial charge in [0, 0.05) is 44.9 Å². The van der Waals surface area contributed by atoms with Gasteiger partial charge in [-0.3, -0.25) is 15.0 Å². The van der Waals surface area contributed by atoms with Crippen molar-refractivity contribution in [2.75, 3.05) is 39.3 Å². The number of benzene rings is 1. The van der Waals surface area contributed by atoms with E-state index in [2.05, 4.69) is 4.90 Å². The Kier molecular flexibility index (Phi) is 5.68. The first-order chi connectivity index (χ1) is 10.6. The SMILES string of the molecule is O=C(OCc1ccc([N+](=O)[O-])cc1)N1CCN(CCO)CC1. The van der Waals surface area contributed by atoms with E-state index in [0.717, 1.165) is 0 Å². The summed E-state index contributed by atoms with van der Waals surface area (Å²) in [5.41, 5.74) is 0.716. The Morgan fingerprint density at radius 2 is 1.86 bits per heavy atom. The Morgan fingerprint density at radius 3 is 2.41 bits per heavy atom. The molecule has 2 rings (SSSR count). The third-order valence-corrected chi connectivity index (χ3v) is 3.56. The minimum atomic E-state index is -0.471. The van der Waals surface area contributed by atoms with Crippen LogP contribution >= 0.6 is 0 Å². The first-order valence-electron chi connectivity index (χ1n) is 7.08. The van der Waals surface area contributed by atoms with Crippen molar-refractivity contribution < 1.29 is 19.6 Å². The van der Waals surface area contributed by atoms with Crippen LogP contribution in [0.1, 0.15) is 5.56 Å². The van der Waals surface area contributed by atoms with Gasteiger partial charge in [-0.05, 0) is 17.7 Å². The highest BCUT2D eigenvalue weighted by Gasteiger charge is 2.21. The summed E-state index contributed by atoms with van der Waals surface area (Å²) < 4.78 is 5.21. The van der Waals surface area contributed by atoms with E-state index < -0.39 is 4.92 Å². The van der Waals surface area contributed by atoms with Crippen molar-refractivity contribution in [1.82, 2.24) is 9.80 Å². The Morgan fingerprint density at radius 1 is 1.23 bits per heavy atom. The highest BCUT2D eigenvalue weighted by molar-refractivity contribution is 5.67. The molecule has 0 bridgehead atoms. The number of carbonyl (C=O) groups is 1. The van der Waals surface area contributed by atoms with Crippen molar-refractivity contribution in [2.24, 2.45) is 0 Å². The van der Waals surface area contributed by atoms with Gasteiger partial charge in [0.2, 0.25) is 0 Å². The second kappa shape index (κ2) is 7.71. The van der Waals surface area contributed by atoms with Crippen molar-refractivity contribution in [3.8, 4) is 0 Å². The molecular weight excluding hydrogens is 290 g/mol. The summed E-state index contributed by atoms with van der Waals surface area (Å²) >= 11 is 0. The highest BCUT2D eigenvalue weighted by atomic mass is 16.6. The molecule has 1 aromatic rings. The third kappa shape index (κ3) is 4.40. The molecule has 1 fully saturated rings. The summed E-state index contributed by atoms with van der Waals surface area (Å²) in [6.45, 7) is 3.39. The number of non-ortho nitro benzene ring substituents is 1. The van der Waals surface area contributed by atoms with Crippen LogP contribution < -0.4 is 0 Å². The van der Waals surface area contributed by atoms with Crippen LogP contribution in [0.15, 0.2) is 24.3 Å². The first-order valence-corrected chi connectivity index (χ1v) is 7.08. The van der Waals surface area contributed by atoms with Crippen LogP contribution in [-0.2, 0) is 11.3 Å². The lowest BCUT2D eigenvalue weighted by atomic mass is 10.2. The monoisotopic (exact) mass is 309 g/mol. The van der Waals surface area contributed by atoms with Gasteiger partial charge in [-0.15, -0.1) is 0 Å². The number of β-amino-alcohol motifs (C(OH)–C–C–N with tert-alkyl or cyclic N) is 1. The van der Waals surface area contributed by atoms with E-state index in [4.69, 9.17) is 9.84 Å². The molecule has 0 saturated carbocycles. The van der Waals surface area contributed by atoms with E-state index in [-0.39, 0.29) is 25.0 Å². The Bertz CT molecular complexity index is 512. The predicted molar refractivity (Wildman–Crippen MR) is 78.4 cm³/mol. The van der Waals surface area contributed by atoms with Gasteiger partial charge >= 0.3 is 6.09 Å². The topological polar surface area (TPSA) is 96.1 Å². The maximum atomic E-state index is 11.9. The average Bonchev–Trinajstić information content (AvgIpc) is 2.54. The zero-order valence-electron chi connectivity index (χ0n) is 12.2. The van der Waals surface area contributed by atoms with E-state index >= 15 is 0 Å². The molecule has 1 amide bonds. The normalized spacial score (nSPS) is 15.6. The van der Waals surface area contributed by atoms with Gasteiger partial charge in [0.15, 0.2) is 0 Å². The molecule has 8 nitrogen and oxygen atoms in total. The van der Waals surface area contributed by atoms with Crippen molar-refractivity contribution in [3.05, 3.63) is 39.9 Å². The van der Waals surface area contributed by atoms with Crippen molar-refractivity contribution in [2.45, 2.75) is 6.61 Å². The fourth-order valence-corrected chi connectivity index (χ4v) is 2.25. The number of nitrogens with zero attached hydrogens (tertiary/aromatic N) is 3. The molecule has 8 heteroatoms. The van der Waals surface area contributed by atoms with Crippen LogP contribution in [0.4, 0.5) is 10.5 Å². The van der Waals surface area contributed by atoms with Gasteiger partial charge in [-0.25, -0.2) is 4.79 Å². The number of nitro benzene ring substituents is 1. The standard InChI is InChI=1S/C14H19N3O5/c18-10-9-15-5-7-16(8-6-15)14(19)22-11-12-1-3-13(4-2-12)17(20)21/h1-4,18H,5-11H2. The first kappa shape index (κ1) is 16.2. The number of aliphatic hydroxyl groups excluding tert-OH is 1. The summed E-state index contributed by atoms with van der Waals surface area (Å²) in [6.07, 6.45) is -0.387. The number of hydrogen-bond acceptors (Lipinski definition) is 6. The Labute approximate surface area is 128 Å². The third-order valence-electron chi connectivity index (χ3n) is 3.56. The highest BCUT2D eigenvalue weighted by Crippen LogP contribution is 2.13. The molecule has 1 aliphatic rings. The van der Waals surface area contributed by atoms with Gasteiger partial charge in [0.25, 0.3) is 5.69 Å². The lowest BCUT2D eigenvalue weighted by Gasteiger charge is -2.33. The van der Waals surface area contributed by atoms with Gasteiger partial charge in [0.1, 0.15) is 6.61 Å². The number of hydrogen-bond donors (Lipinski definition) is 1. The van der Waals surface area contributed by atoms with Crippen LogP contribution in [0.3, 0.4) is 0 Å². The molecule has 0 aromatic heterocycles. The summed E-state index contributed by atoms with van der Waals surface area (Å²) in [4.78, 5) is 25.7. The van der Waals surface area contributed by atoms with Gasteiger partial charge in [-0.1, -0.05) is 0 Å². The average molecular weight is 309 g/mol. The molecule has 1 N–H and O–H groups in total. The largest absolute Gasteiger partial charge is 0.445 e. The number of ether oxygens (including phenoxy) is 1. The quantitative estimate of drug-likeness (QED) is 0.639. The number of aliphatic hydroxyl groups is 1. The lowest BCUT2D eigenvalue weighted by Crippen LogP contribution is -2.49. The second-order valence-corrected chi connectivity index (χ2v) is 5.03. The summed E-state index contributed by atoms with van der Waals surface area (Å²) in [7, 11) is 0. The molecule has 1 aliphatic heterocycles. The molecule has 1 heterocycles. The van der Waals surface area contributed by atoms with Gasteiger partial charge in [-0.2, -0.15) is 0 Å². The maximum absolute atomic E-state index is 11.9. The van der Waals surface area contributed by atoms with E-state index in [0.29, 0.717) is 38.3 Å². The molecule has 22 heavy (non-hydrogen) atoms. The van der Waals surface area contributed by atoms with Crippen LogP contribution in [0.25, 0.3) is 0 Å².